The Hall–Kier alpha value is -4.13. The summed E-state index contributed by atoms with van der Waals surface area (Å²) < 4.78 is 3.64. The van der Waals surface area contributed by atoms with Crippen LogP contribution in [0.1, 0.15) is 11.1 Å². The first kappa shape index (κ1) is 17.9. The predicted octanol–water partition coefficient (Wildman–Crippen LogP) is 3.70. The molecule has 7 nitrogen and oxygen atoms in total. The van der Waals surface area contributed by atoms with Crippen molar-refractivity contribution in [3.05, 3.63) is 103 Å². The standard InChI is InChI=1S/C23H19N7/c1-3-7-18(8-4-1)14-29-16-22(25-27-29)20-11-12-21(24-13-20)23-17-30(28-26-23)15-19-9-5-2-6-10-19/h1-13,16-17H,14-15H2. The van der Waals surface area contributed by atoms with Crippen molar-refractivity contribution in [2.75, 3.05) is 0 Å². The first-order valence-electron chi connectivity index (χ1n) is 9.68. The van der Waals surface area contributed by atoms with Gasteiger partial charge < -0.3 is 0 Å². The Balaban J connectivity index is 1.29. The zero-order valence-electron chi connectivity index (χ0n) is 16.2. The van der Waals surface area contributed by atoms with Crippen molar-refractivity contribution < 1.29 is 0 Å². The Morgan fingerprint density at radius 1 is 0.567 bits per heavy atom. The van der Waals surface area contributed by atoms with E-state index in [0.29, 0.717) is 13.1 Å². The molecule has 0 atom stereocenters. The van der Waals surface area contributed by atoms with Crippen LogP contribution in [0.5, 0.6) is 0 Å². The third kappa shape index (κ3) is 4.00. The van der Waals surface area contributed by atoms with Gasteiger partial charge in [0.2, 0.25) is 0 Å². The molecule has 0 unspecified atom stereocenters. The molecule has 5 rings (SSSR count). The molecule has 5 aromatic rings. The van der Waals surface area contributed by atoms with Crippen LogP contribution in [-0.4, -0.2) is 35.0 Å². The van der Waals surface area contributed by atoms with Crippen molar-refractivity contribution in [2.45, 2.75) is 13.1 Å². The molecule has 146 valence electrons. The fourth-order valence-electron chi connectivity index (χ4n) is 3.24. The molecule has 0 amide bonds. The van der Waals surface area contributed by atoms with Crippen LogP contribution in [0.25, 0.3) is 22.6 Å². The third-order valence-corrected chi connectivity index (χ3v) is 4.77. The van der Waals surface area contributed by atoms with Crippen molar-refractivity contribution >= 4 is 0 Å². The summed E-state index contributed by atoms with van der Waals surface area (Å²) in [5, 5.41) is 17.0. The second-order valence-electron chi connectivity index (χ2n) is 7.01. The Morgan fingerprint density at radius 3 is 1.70 bits per heavy atom. The van der Waals surface area contributed by atoms with Gasteiger partial charge in [-0.3, -0.25) is 4.98 Å². The highest BCUT2D eigenvalue weighted by molar-refractivity contribution is 5.61. The smallest absolute Gasteiger partial charge is 0.131 e. The van der Waals surface area contributed by atoms with Crippen molar-refractivity contribution in [2.24, 2.45) is 0 Å². The van der Waals surface area contributed by atoms with Crippen LogP contribution in [0.2, 0.25) is 0 Å². The van der Waals surface area contributed by atoms with Crippen LogP contribution < -0.4 is 0 Å². The van der Waals surface area contributed by atoms with Gasteiger partial charge >= 0.3 is 0 Å². The van der Waals surface area contributed by atoms with Gasteiger partial charge in [0.1, 0.15) is 11.4 Å². The van der Waals surface area contributed by atoms with E-state index < -0.39 is 0 Å². The summed E-state index contributed by atoms with van der Waals surface area (Å²) in [5.74, 6) is 0. The molecular formula is C23H19N7. The number of benzene rings is 2. The highest BCUT2D eigenvalue weighted by Gasteiger charge is 2.09. The monoisotopic (exact) mass is 393 g/mol. The average Bonchev–Trinajstić information content (AvgIpc) is 3.45. The largest absolute Gasteiger partial charge is 0.254 e. The van der Waals surface area contributed by atoms with Crippen LogP contribution in [0, 0.1) is 0 Å². The lowest BCUT2D eigenvalue weighted by Gasteiger charge is -2.00. The SMILES string of the molecule is c1ccc(Cn2cc(-c3ccc(-c4cn(Cc5ccccc5)nn4)nc3)nn2)cc1. The van der Waals surface area contributed by atoms with E-state index in [1.165, 1.54) is 11.1 Å². The van der Waals surface area contributed by atoms with E-state index in [1.54, 1.807) is 6.20 Å². The second-order valence-corrected chi connectivity index (χ2v) is 7.01. The van der Waals surface area contributed by atoms with Gasteiger partial charge in [-0.25, -0.2) is 9.36 Å². The normalized spacial score (nSPS) is 10.9. The van der Waals surface area contributed by atoms with Gasteiger partial charge in [-0.15, -0.1) is 10.2 Å². The second kappa shape index (κ2) is 8.08. The number of aromatic nitrogens is 7. The summed E-state index contributed by atoms with van der Waals surface area (Å²) >= 11 is 0. The van der Waals surface area contributed by atoms with Gasteiger partial charge in [0.05, 0.1) is 31.2 Å². The topological polar surface area (TPSA) is 74.3 Å². The molecule has 0 bridgehead atoms. The zero-order valence-corrected chi connectivity index (χ0v) is 16.2. The number of pyridine rings is 1. The van der Waals surface area contributed by atoms with E-state index in [-0.39, 0.29) is 0 Å². The van der Waals surface area contributed by atoms with Crippen molar-refractivity contribution in [1.82, 2.24) is 35.0 Å². The molecule has 0 N–H and O–H groups in total. The molecule has 0 aliphatic rings. The van der Waals surface area contributed by atoms with Crippen LogP contribution >= 0.6 is 0 Å². The first-order valence-corrected chi connectivity index (χ1v) is 9.68. The highest BCUT2D eigenvalue weighted by atomic mass is 15.4. The molecule has 0 aliphatic heterocycles. The Morgan fingerprint density at radius 2 is 1.13 bits per heavy atom. The maximum absolute atomic E-state index is 4.55. The molecule has 3 heterocycles. The summed E-state index contributed by atoms with van der Waals surface area (Å²) in [7, 11) is 0. The lowest BCUT2D eigenvalue weighted by atomic mass is 10.2. The van der Waals surface area contributed by atoms with Gasteiger partial charge in [-0.2, -0.15) is 0 Å². The Bertz CT molecular complexity index is 1130. The van der Waals surface area contributed by atoms with E-state index in [1.807, 2.05) is 70.3 Å². The van der Waals surface area contributed by atoms with Crippen LogP contribution in [-0.2, 0) is 13.1 Å². The van der Waals surface area contributed by atoms with Gasteiger partial charge in [0.25, 0.3) is 0 Å². The summed E-state index contributed by atoms with van der Waals surface area (Å²) in [6, 6.07) is 24.3. The molecule has 2 aromatic carbocycles. The number of nitrogens with zero attached hydrogens (tertiary/aromatic N) is 7. The minimum atomic E-state index is 0.677. The number of hydrogen-bond acceptors (Lipinski definition) is 5. The molecule has 0 aliphatic carbocycles. The summed E-state index contributed by atoms with van der Waals surface area (Å²) in [6.45, 7) is 1.36. The van der Waals surface area contributed by atoms with Crippen LogP contribution in [0.4, 0.5) is 0 Å². The van der Waals surface area contributed by atoms with Gasteiger partial charge in [0, 0.05) is 11.8 Å². The van der Waals surface area contributed by atoms with Crippen molar-refractivity contribution in [3.8, 4) is 22.6 Å². The molecule has 0 radical (unpaired) electrons. The molecule has 7 heteroatoms. The molecule has 3 aromatic heterocycles. The molecule has 0 fully saturated rings. The van der Waals surface area contributed by atoms with E-state index in [9.17, 15) is 0 Å². The Kier molecular flexibility index (Phi) is 4.83. The fraction of sp³-hybridized carbons (Fsp3) is 0.0870. The van der Waals surface area contributed by atoms with E-state index >= 15 is 0 Å². The maximum atomic E-state index is 4.55. The zero-order chi connectivity index (χ0) is 20.2. The quantitative estimate of drug-likeness (QED) is 0.440. The maximum Gasteiger partial charge on any atom is 0.131 e. The van der Waals surface area contributed by atoms with Crippen molar-refractivity contribution in [3.63, 3.8) is 0 Å². The number of hydrogen-bond donors (Lipinski definition) is 0. The minimum absolute atomic E-state index is 0.677. The van der Waals surface area contributed by atoms with Gasteiger partial charge in [-0.05, 0) is 23.3 Å². The summed E-state index contributed by atoms with van der Waals surface area (Å²) in [4.78, 5) is 4.55. The lowest BCUT2D eigenvalue weighted by Crippen LogP contribution is -1.99. The van der Waals surface area contributed by atoms with E-state index in [2.05, 4.69) is 49.9 Å². The summed E-state index contributed by atoms with van der Waals surface area (Å²) in [6.07, 6.45) is 5.63. The van der Waals surface area contributed by atoms with Crippen molar-refractivity contribution in [1.29, 1.82) is 0 Å². The fourth-order valence-corrected chi connectivity index (χ4v) is 3.24. The summed E-state index contributed by atoms with van der Waals surface area (Å²) in [5.41, 5.74) is 5.57. The molecule has 0 saturated heterocycles. The molecule has 0 saturated carbocycles. The molecular weight excluding hydrogens is 374 g/mol. The average molecular weight is 393 g/mol. The lowest BCUT2D eigenvalue weighted by molar-refractivity contribution is 0.650. The first-order chi connectivity index (χ1) is 14.8. The minimum Gasteiger partial charge on any atom is -0.254 e. The predicted molar refractivity (Wildman–Crippen MR) is 113 cm³/mol. The van der Waals surface area contributed by atoms with Gasteiger partial charge in [0.15, 0.2) is 0 Å². The van der Waals surface area contributed by atoms with Crippen LogP contribution in [0.3, 0.4) is 0 Å². The van der Waals surface area contributed by atoms with E-state index in [0.717, 1.165) is 22.6 Å². The van der Waals surface area contributed by atoms with Gasteiger partial charge in [-0.1, -0.05) is 71.1 Å². The van der Waals surface area contributed by atoms with Crippen LogP contribution in [0.15, 0.2) is 91.4 Å². The van der Waals surface area contributed by atoms with E-state index in [4.69, 9.17) is 0 Å². The number of rotatable bonds is 6. The third-order valence-electron chi connectivity index (χ3n) is 4.77. The Labute approximate surface area is 173 Å². The highest BCUT2D eigenvalue weighted by Crippen LogP contribution is 2.20. The molecule has 30 heavy (non-hydrogen) atoms. The molecule has 0 spiro atoms.